The van der Waals surface area contributed by atoms with E-state index in [1.54, 1.807) is 6.92 Å². The molecular formula is C13H19F3N2O. The number of carbonyl (C=O) groups excluding carboxylic acids is 1. The first-order chi connectivity index (χ1) is 8.79. The van der Waals surface area contributed by atoms with Crippen LogP contribution in [0.25, 0.3) is 0 Å². The van der Waals surface area contributed by atoms with Crippen LogP contribution in [-0.4, -0.2) is 30.1 Å². The van der Waals surface area contributed by atoms with Gasteiger partial charge in [-0.25, -0.2) is 0 Å². The van der Waals surface area contributed by atoms with E-state index in [4.69, 9.17) is 5.26 Å². The van der Waals surface area contributed by atoms with Gasteiger partial charge in [0.1, 0.15) is 0 Å². The molecule has 0 saturated heterocycles. The zero-order valence-electron chi connectivity index (χ0n) is 11.2. The molecule has 1 saturated carbocycles. The molecule has 1 fully saturated rings. The van der Waals surface area contributed by atoms with Crippen molar-refractivity contribution in [3.8, 4) is 6.07 Å². The number of alkyl halides is 3. The third-order valence-electron chi connectivity index (χ3n) is 3.90. The Morgan fingerprint density at radius 1 is 1.42 bits per heavy atom. The molecule has 1 aliphatic carbocycles. The molecule has 3 nitrogen and oxygen atoms in total. The molecule has 108 valence electrons. The van der Waals surface area contributed by atoms with Gasteiger partial charge in [-0.05, 0) is 19.8 Å². The normalized spacial score (nSPS) is 25.5. The predicted molar refractivity (Wildman–Crippen MR) is 64.0 cm³/mol. The van der Waals surface area contributed by atoms with Crippen LogP contribution in [0.1, 0.15) is 39.0 Å². The molecule has 0 aromatic rings. The van der Waals surface area contributed by atoms with Crippen LogP contribution in [0, 0.1) is 23.2 Å². The summed E-state index contributed by atoms with van der Waals surface area (Å²) >= 11 is 0. The molecule has 1 amide bonds. The van der Waals surface area contributed by atoms with E-state index in [0.717, 1.165) is 0 Å². The first-order valence-corrected chi connectivity index (χ1v) is 6.49. The van der Waals surface area contributed by atoms with E-state index in [1.807, 2.05) is 6.07 Å². The van der Waals surface area contributed by atoms with Gasteiger partial charge in [-0.1, -0.05) is 12.8 Å². The molecule has 0 aromatic heterocycles. The van der Waals surface area contributed by atoms with E-state index in [-0.39, 0.29) is 25.3 Å². The quantitative estimate of drug-likeness (QED) is 0.795. The zero-order chi connectivity index (χ0) is 14.6. The van der Waals surface area contributed by atoms with Crippen molar-refractivity contribution in [2.45, 2.75) is 51.2 Å². The molecule has 3 unspecified atom stereocenters. The fourth-order valence-corrected chi connectivity index (χ4v) is 2.57. The minimum Gasteiger partial charge on any atom is -0.342 e. The number of carbonyl (C=O) groups is 1. The van der Waals surface area contributed by atoms with Crippen molar-refractivity contribution in [1.29, 1.82) is 5.26 Å². The van der Waals surface area contributed by atoms with Crippen molar-refractivity contribution in [2.75, 3.05) is 7.05 Å². The fraction of sp³-hybridized carbons (Fsp3) is 0.846. The van der Waals surface area contributed by atoms with Gasteiger partial charge < -0.3 is 4.90 Å². The highest BCUT2D eigenvalue weighted by molar-refractivity contribution is 5.79. The molecule has 3 atom stereocenters. The molecule has 0 radical (unpaired) electrons. The number of nitrogens with zero attached hydrogens (tertiary/aromatic N) is 2. The Balaban J connectivity index is 2.81. The molecule has 0 aromatic carbocycles. The standard InChI is InChI=1S/C13H19F3N2O/c1-9(7-8-17)18(2)12(19)10-5-3-4-6-11(10)13(14,15)16/h9-11H,3-7H2,1-2H3. The monoisotopic (exact) mass is 276 g/mol. The summed E-state index contributed by atoms with van der Waals surface area (Å²) in [5.74, 6) is -3.00. The van der Waals surface area contributed by atoms with Crippen LogP contribution >= 0.6 is 0 Å². The molecule has 0 spiro atoms. The third kappa shape index (κ3) is 3.85. The van der Waals surface area contributed by atoms with Gasteiger partial charge >= 0.3 is 6.18 Å². The van der Waals surface area contributed by atoms with E-state index >= 15 is 0 Å². The first kappa shape index (κ1) is 15.8. The Bertz CT molecular complexity index is 362. The van der Waals surface area contributed by atoms with Crippen molar-refractivity contribution >= 4 is 5.91 Å². The Hall–Kier alpha value is -1.25. The Kier molecular flexibility index (Phi) is 5.21. The maximum absolute atomic E-state index is 12.9. The summed E-state index contributed by atoms with van der Waals surface area (Å²) < 4.78 is 38.8. The summed E-state index contributed by atoms with van der Waals surface area (Å²) in [6.07, 6.45) is -2.70. The van der Waals surface area contributed by atoms with Gasteiger partial charge in [-0.3, -0.25) is 4.79 Å². The lowest BCUT2D eigenvalue weighted by atomic mass is 9.78. The molecule has 0 heterocycles. The van der Waals surface area contributed by atoms with Crippen LogP contribution in [0.15, 0.2) is 0 Å². The lowest BCUT2D eigenvalue weighted by molar-refractivity contribution is -0.201. The van der Waals surface area contributed by atoms with E-state index in [1.165, 1.54) is 11.9 Å². The first-order valence-electron chi connectivity index (χ1n) is 6.49. The Morgan fingerprint density at radius 3 is 2.53 bits per heavy atom. The molecule has 19 heavy (non-hydrogen) atoms. The number of hydrogen-bond donors (Lipinski definition) is 0. The average Bonchev–Trinajstić information content (AvgIpc) is 2.36. The lowest BCUT2D eigenvalue weighted by Gasteiger charge is -2.35. The van der Waals surface area contributed by atoms with E-state index in [2.05, 4.69) is 0 Å². The molecular weight excluding hydrogens is 257 g/mol. The number of nitriles is 1. The van der Waals surface area contributed by atoms with Crippen LogP contribution in [0.3, 0.4) is 0 Å². The minimum atomic E-state index is -4.32. The second kappa shape index (κ2) is 6.27. The van der Waals surface area contributed by atoms with Crippen molar-refractivity contribution in [1.82, 2.24) is 4.90 Å². The van der Waals surface area contributed by atoms with Gasteiger partial charge in [-0.15, -0.1) is 0 Å². The van der Waals surface area contributed by atoms with E-state index < -0.39 is 23.9 Å². The largest absolute Gasteiger partial charge is 0.392 e. The summed E-state index contributed by atoms with van der Waals surface area (Å²) in [5.41, 5.74) is 0. The van der Waals surface area contributed by atoms with Crippen molar-refractivity contribution in [3.63, 3.8) is 0 Å². The van der Waals surface area contributed by atoms with Crippen LogP contribution in [0.2, 0.25) is 0 Å². The molecule has 1 aliphatic rings. The smallest absolute Gasteiger partial charge is 0.342 e. The maximum atomic E-state index is 12.9. The van der Waals surface area contributed by atoms with Crippen molar-refractivity contribution < 1.29 is 18.0 Å². The fourth-order valence-electron chi connectivity index (χ4n) is 2.57. The summed E-state index contributed by atoms with van der Waals surface area (Å²) in [6, 6.07) is 1.58. The molecule has 0 aliphatic heterocycles. The van der Waals surface area contributed by atoms with Crippen molar-refractivity contribution in [2.24, 2.45) is 11.8 Å². The highest BCUT2D eigenvalue weighted by Gasteiger charge is 2.48. The van der Waals surface area contributed by atoms with Crippen LogP contribution in [-0.2, 0) is 4.79 Å². The van der Waals surface area contributed by atoms with Crippen LogP contribution in [0.4, 0.5) is 13.2 Å². The van der Waals surface area contributed by atoms with Gasteiger partial charge in [0.05, 0.1) is 18.4 Å². The summed E-state index contributed by atoms with van der Waals surface area (Å²) in [7, 11) is 1.48. The predicted octanol–water partition coefficient (Wildman–Crippen LogP) is 3.12. The number of halogens is 3. The van der Waals surface area contributed by atoms with E-state index in [9.17, 15) is 18.0 Å². The summed E-state index contributed by atoms with van der Waals surface area (Å²) in [5, 5.41) is 8.59. The summed E-state index contributed by atoms with van der Waals surface area (Å²) in [6.45, 7) is 1.67. The van der Waals surface area contributed by atoms with Gasteiger partial charge in [0, 0.05) is 19.0 Å². The summed E-state index contributed by atoms with van der Waals surface area (Å²) in [4.78, 5) is 13.5. The molecule has 1 rings (SSSR count). The maximum Gasteiger partial charge on any atom is 0.392 e. The minimum absolute atomic E-state index is 0.0282. The van der Waals surface area contributed by atoms with Crippen molar-refractivity contribution in [3.05, 3.63) is 0 Å². The van der Waals surface area contributed by atoms with Gasteiger partial charge in [0.25, 0.3) is 0 Å². The van der Waals surface area contributed by atoms with Gasteiger partial charge in [0.15, 0.2) is 0 Å². The second-order valence-electron chi connectivity index (χ2n) is 5.20. The number of amides is 1. The SMILES string of the molecule is CC(CC#N)N(C)C(=O)C1CCCCC1C(F)(F)F. The number of hydrogen-bond acceptors (Lipinski definition) is 2. The highest BCUT2D eigenvalue weighted by Crippen LogP contribution is 2.42. The van der Waals surface area contributed by atoms with Crippen LogP contribution in [0.5, 0.6) is 0 Å². The zero-order valence-corrected chi connectivity index (χ0v) is 11.2. The number of rotatable bonds is 3. The van der Waals surface area contributed by atoms with E-state index in [0.29, 0.717) is 12.8 Å². The Morgan fingerprint density at radius 2 is 2.00 bits per heavy atom. The molecule has 6 heteroatoms. The molecule has 0 N–H and O–H groups in total. The average molecular weight is 276 g/mol. The van der Waals surface area contributed by atoms with Gasteiger partial charge in [-0.2, -0.15) is 18.4 Å². The highest BCUT2D eigenvalue weighted by atomic mass is 19.4. The topological polar surface area (TPSA) is 44.1 Å². The third-order valence-corrected chi connectivity index (χ3v) is 3.90. The van der Waals surface area contributed by atoms with Crippen LogP contribution < -0.4 is 0 Å². The molecule has 0 bridgehead atoms. The van der Waals surface area contributed by atoms with Gasteiger partial charge in [0.2, 0.25) is 5.91 Å². The Labute approximate surface area is 111 Å². The lowest BCUT2D eigenvalue weighted by Crippen LogP contribution is -2.46. The second-order valence-corrected chi connectivity index (χ2v) is 5.20.